The third kappa shape index (κ3) is 3.23. The van der Waals surface area contributed by atoms with Gasteiger partial charge in [-0.2, -0.15) is 0 Å². The molecule has 1 N–H and O–H groups in total. The Labute approximate surface area is 111 Å². The Morgan fingerprint density at radius 3 is 2.44 bits per heavy atom. The summed E-state index contributed by atoms with van der Waals surface area (Å²) in [5.74, 6) is 0.848. The highest BCUT2D eigenvalue weighted by Gasteiger charge is 2.15. The van der Waals surface area contributed by atoms with E-state index in [4.69, 9.17) is 0 Å². The maximum absolute atomic E-state index is 3.58. The van der Waals surface area contributed by atoms with Crippen LogP contribution in [0.25, 0.3) is 6.08 Å². The largest absolute Gasteiger partial charge is 0.310 e. The first kappa shape index (κ1) is 13.4. The molecule has 1 aliphatic heterocycles. The van der Waals surface area contributed by atoms with Gasteiger partial charge in [0.1, 0.15) is 0 Å². The standard InChI is InChI=1S/C17H25N/c1-12-7-8-18-16(11-12)5-6-17-14(3)9-13(2)10-15(17)4/h5-6,9-10,12,16,18H,7-8,11H2,1-4H3/b6-5+. The van der Waals surface area contributed by atoms with Crippen LogP contribution in [0.2, 0.25) is 0 Å². The molecule has 1 heteroatoms. The molecule has 2 atom stereocenters. The van der Waals surface area contributed by atoms with Gasteiger partial charge in [-0.05, 0) is 62.8 Å². The Hall–Kier alpha value is -1.08. The van der Waals surface area contributed by atoms with E-state index in [0.717, 1.165) is 12.5 Å². The van der Waals surface area contributed by atoms with Gasteiger partial charge in [0.25, 0.3) is 0 Å². The first-order valence-electron chi connectivity index (χ1n) is 7.05. The fraction of sp³-hybridized carbons (Fsp3) is 0.529. The van der Waals surface area contributed by atoms with Gasteiger partial charge in [0, 0.05) is 6.04 Å². The summed E-state index contributed by atoms with van der Waals surface area (Å²) in [5.41, 5.74) is 5.51. The lowest BCUT2D eigenvalue weighted by atomic mass is 9.93. The van der Waals surface area contributed by atoms with Crippen molar-refractivity contribution in [3.63, 3.8) is 0 Å². The second kappa shape index (κ2) is 5.71. The van der Waals surface area contributed by atoms with E-state index >= 15 is 0 Å². The molecule has 18 heavy (non-hydrogen) atoms. The monoisotopic (exact) mass is 243 g/mol. The van der Waals surface area contributed by atoms with Crippen molar-refractivity contribution in [2.45, 2.75) is 46.6 Å². The van der Waals surface area contributed by atoms with Crippen LogP contribution < -0.4 is 5.32 Å². The Morgan fingerprint density at radius 2 is 1.83 bits per heavy atom. The minimum absolute atomic E-state index is 0.550. The van der Waals surface area contributed by atoms with Gasteiger partial charge >= 0.3 is 0 Å². The van der Waals surface area contributed by atoms with Crippen molar-refractivity contribution in [3.8, 4) is 0 Å². The summed E-state index contributed by atoms with van der Waals surface area (Å²) in [6.07, 6.45) is 7.23. The lowest BCUT2D eigenvalue weighted by Gasteiger charge is -2.25. The van der Waals surface area contributed by atoms with E-state index in [2.05, 4.69) is 57.3 Å². The van der Waals surface area contributed by atoms with Crippen molar-refractivity contribution in [1.29, 1.82) is 0 Å². The normalized spacial score (nSPS) is 24.7. The molecule has 2 rings (SSSR count). The molecule has 0 bridgehead atoms. The van der Waals surface area contributed by atoms with Crippen molar-refractivity contribution >= 4 is 6.08 Å². The summed E-state index contributed by atoms with van der Waals surface area (Å²) in [5, 5.41) is 3.58. The predicted octanol–water partition coefficient (Wildman–Crippen LogP) is 4.01. The fourth-order valence-electron chi connectivity index (χ4n) is 2.96. The van der Waals surface area contributed by atoms with E-state index in [9.17, 15) is 0 Å². The van der Waals surface area contributed by atoms with Crippen LogP contribution in [-0.2, 0) is 0 Å². The second-order valence-electron chi connectivity index (χ2n) is 5.86. The molecule has 1 aromatic carbocycles. The number of nitrogens with one attached hydrogen (secondary N) is 1. The number of rotatable bonds is 2. The minimum Gasteiger partial charge on any atom is -0.310 e. The SMILES string of the molecule is Cc1cc(C)c(/C=C/C2CC(C)CCN2)c(C)c1. The van der Waals surface area contributed by atoms with E-state index in [-0.39, 0.29) is 0 Å². The molecule has 0 aliphatic carbocycles. The van der Waals surface area contributed by atoms with Crippen molar-refractivity contribution in [2.75, 3.05) is 6.54 Å². The summed E-state index contributed by atoms with van der Waals surface area (Å²) >= 11 is 0. The molecule has 1 heterocycles. The summed E-state index contributed by atoms with van der Waals surface area (Å²) in [6, 6.07) is 5.08. The van der Waals surface area contributed by atoms with Crippen LogP contribution in [-0.4, -0.2) is 12.6 Å². The molecule has 0 spiro atoms. The van der Waals surface area contributed by atoms with Gasteiger partial charge in [-0.15, -0.1) is 0 Å². The number of aryl methyl sites for hydroxylation is 3. The highest BCUT2D eigenvalue weighted by Crippen LogP contribution is 2.20. The molecule has 1 fully saturated rings. The number of hydrogen-bond donors (Lipinski definition) is 1. The maximum atomic E-state index is 3.58. The van der Waals surface area contributed by atoms with Crippen LogP contribution in [0.4, 0.5) is 0 Å². The zero-order chi connectivity index (χ0) is 13.1. The third-order valence-corrected chi connectivity index (χ3v) is 3.93. The molecule has 98 valence electrons. The van der Waals surface area contributed by atoms with Crippen LogP contribution in [0.5, 0.6) is 0 Å². The number of hydrogen-bond acceptors (Lipinski definition) is 1. The van der Waals surface area contributed by atoms with Gasteiger partial charge in [0.2, 0.25) is 0 Å². The fourth-order valence-corrected chi connectivity index (χ4v) is 2.96. The zero-order valence-electron chi connectivity index (χ0n) is 12.1. The summed E-state index contributed by atoms with van der Waals surface area (Å²) in [6.45, 7) is 10.1. The van der Waals surface area contributed by atoms with Gasteiger partial charge < -0.3 is 5.32 Å². The molecule has 0 amide bonds. The summed E-state index contributed by atoms with van der Waals surface area (Å²) < 4.78 is 0. The summed E-state index contributed by atoms with van der Waals surface area (Å²) in [7, 11) is 0. The first-order valence-corrected chi connectivity index (χ1v) is 7.05. The van der Waals surface area contributed by atoms with E-state index in [1.807, 2.05) is 0 Å². The Kier molecular flexibility index (Phi) is 4.23. The highest BCUT2D eigenvalue weighted by molar-refractivity contribution is 5.59. The molecule has 1 saturated heterocycles. The molecule has 2 unspecified atom stereocenters. The first-order chi connectivity index (χ1) is 8.56. The predicted molar refractivity (Wildman–Crippen MR) is 79.9 cm³/mol. The molecule has 0 radical (unpaired) electrons. The number of piperidine rings is 1. The molecular formula is C17H25N. The smallest absolute Gasteiger partial charge is 0.0255 e. The van der Waals surface area contributed by atoms with Crippen molar-refractivity contribution in [2.24, 2.45) is 5.92 Å². The van der Waals surface area contributed by atoms with Gasteiger partial charge in [-0.25, -0.2) is 0 Å². The maximum Gasteiger partial charge on any atom is 0.0255 e. The van der Waals surface area contributed by atoms with Crippen LogP contribution in [0.3, 0.4) is 0 Å². The molecule has 1 aliphatic rings. The van der Waals surface area contributed by atoms with Crippen molar-refractivity contribution < 1.29 is 0 Å². The van der Waals surface area contributed by atoms with Gasteiger partial charge in [0.15, 0.2) is 0 Å². The second-order valence-corrected chi connectivity index (χ2v) is 5.86. The van der Waals surface area contributed by atoms with Crippen LogP contribution in [0, 0.1) is 26.7 Å². The Bertz CT molecular complexity index is 422. The Morgan fingerprint density at radius 1 is 1.17 bits per heavy atom. The molecule has 1 nitrogen and oxygen atoms in total. The lowest BCUT2D eigenvalue weighted by Crippen LogP contribution is -2.35. The van der Waals surface area contributed by atoms with Gasteiger partial charge in [0.05, 0.1) is 0 Å². The van der Waals surface area contributed by atoms with E-state index in [1.165, 1.54) is 35.1 Å². The quantitative estimate of drug-likeness (QED) is 0.827. The van der Waals surface area contributed by atoms with Crippen LogP contribution in [0.15, 0.2) is 18.2 Å². The highest BCUT2D eigenvalue weighted by atomic mass is 14.9. The van der Waals surface area contributed by atoms with Gasteiger partial charge in [-0.1, -0.05) is 36.8 Å². The molecule has 1 aromatic rings. The third-order valence-electron chi connectivity index (χ3n) is 3.93. The van der Waals surface area contributed by atoms with E-state index < -0.39 is 0 Å². The van der Waals surface area contributed by atoms with E-state index in [0.29, 0.717) is 6.04 Å². The average molecular weight is 243 g/mol. The summed E-state index contributed by atoms with van der Waals surface area (Å²) in [4.78, 5) is 0. The molecular weight excluding hydrogens is 218 g/mol. The van der Waals surface area contributed by atoms with Crippen LogP contribution >= 0.6 is 0 Å². The van der Waals surface area contributed by atoms with Crippen LogP contribution in [0.1, 0.15) is 42.0 Å². The molecule has 0 saturated carbocycles. The van der Waals surface area contributed by atoms with Crippen molar-refractivity contribution in [3.05, 3.63) is 40.5 Å². The average Bonchev–Trinajstić information content (AvgIpc) is 2.27. The van der Waals surface area contributed by atoms with E-state index in [1.54, 1.807) is 0 Å². The topological polar surface area (TPSA) is 12.0 Å². The lowest BCUT2D eigenvalue weighted by molar-refractivity contribution is 0.357. The van der Waals surface area contributed by atoms with Crippen molar-refractivity contribution in [1.82, 2.24) is 5.32 Å². The Balaban J connectivity index is 2.13. The number of benzene rings is 1. The molecule has 0 aromatic heterocycles. The van der Waals surface area contributed by atoms with Gasteiger partial charge in [-0.3, -0.25) is 0 Å². The minimum atomic E-state index is 0.550. The zero-order valence-corrected chi connectivity index (χ0v) is 12.1.